The van der Waals surface area contributed by atoms with Gasteiger partial charge in [-0.05, 0) is 36.4 Å². The Balaban J connectivity index is 1.55. The number of ether oxygens (including phenoxy) is 1. The lowest BCUT2D eigenvalue weighted by Gasteiger charge is -2.34. The summed E-state index contributed by atoms with van der Waals surface area (Å²) in [6.07, 6.45) is -0.551. The smallest absolute Gasteiger partial charge is 0.410 e. The van der Waals surface area contributed by atoms with Crippen molar-refractivity contribution in [2.24, 2.45) is 0 Å². The van der Waals surface area contributed by atoms with Crippen molar-refractivity contribution in [3.8, 4) is 5.75 Å². The van der Waals surface area contributed by atoms with Gasteiger partial charge in [0.25, 0.3) is 5.91 Å². The highest BCUT2D eigenvalue weighted by Gasteiger charge is 2.26. The van der Waals surface area contributed by atoms with E-state index in [1.165, 1.54) is 23.1 Å². The Morgan fingerprint density at radius 3 is 2.24 bits per heavy atom. The van der Waals surface area contributed by atoms with Gasteiger partial charge in [0, 0.05) is 43.5 Å². The average Bonchev–Trinajstić information content (AvgIpc) is 2.62. The van der Waals surface area contributed by atoms with Gasteiger partial charge in [0.1, 0.15) is 11.6 Å². The summed E-state index contributed by atoms with van der Waals surface area (Å²) in [5.41, 5.74) is 6.78. The lowest BCUT2D eigenvalue weighted by Crippen LogP contribution is -2.51. The third-order valence-electron chi connectivity index (χ3n) is 3.98. The van der Waals surface area contributed by atoms with E-state index in [0.29, 0.717) is 37.4 Å². The Kier molecular flexibility index (Phi) is 4.83. The Hall–Kier alpha value is -3.09. The third-order valence-corrected chi connectivity index (χ3v) is 3.98. The zero-order chi connectivity index (χ0) is 17.8. The van der Waals surface area contributed by atoms with Gasteiger partial charge in [-0.2, -0.15) is 0 Å². The number of anilines is 1. The number of hydrogen-bond donors (Lipinski definition) is 1. The number of nitrogens with two attached hydrogens (primary N) is 1. The van der Waals surface area contributed by atoms with E-state index in [-0.39, 0.29) is 11.7 Å². The quantitative estimate of drug-likeness (QED) is 0.850. The van der Waals surface area contributed by atoms with E-state index in [4.69, 9.17) is 10.5 Å². The third kappa shape index (κ3) is 4.06. The molecule has 0 unspecified atom stereocenters. The summed E-state index contributed by atoms with van der Waals surface area (Å²) < 4.78 is 18.3. The maximum Gasteiger partial charge on any atom is 0.415 e. The van der Waals surface area contributed by atoms with Crippen molar-refractivity contribution < 1.29 is 18.7 Å². The molecule has 0 atom stereocenters. The minimum atomic E-state index is -0.551. The molecule has 2 aromatic rings. The molecule has 25 heavy (non-hydrogen) atoms. The average molecular weight is 343 g/mol. The first-order valence-electron chi connectivity index (χ1n) is 7.90. The van der Waals surface area contributed by atoms with Crippen LogP contribution in [0.4, 0.5) is 14.9 Å². The second-order valence-corrected chi connectivity index (χ2v) is 5.73. The first-order chi connectivity index (χ1) is 12.0. The number of benzene rings is 2. The van der Waals surface area contributed by atoms with Crippen LogP contribution in [0.2, 0.25) is 0 Å². The minimum absolute atomic E-state index is 0.0989. The second-order valence-electron chi connectivity index (χ2n) is 5.73. The Morgan fingerprint density at radius 1 is 0.960 bits per heavy atom. The highest BCUT2D eigenvalue weighted by atomic mass is 19.1. The number of nitrogen functional groups attached to an aromatic ring is 1. The van der Waals surface area contributed by atoms with Crippen molar-refractivity contribution >= 4 is 17.7 Å². The van der Waals surface area contributed by atoms with Crippen LogP contribution >= 0.6 is 0 Å². The molecule has 0 aliphatic carbocycles. The standard InChI is InChI=1S/C18H18FN3O3/c19-14-2-1-3-16(12-14)25-18(24)22-10-8-21(9-11-22)17(23)13-4-6-15(20)7-5-13/h1-7,12H,8-11,20H2. The molecule has 0 spiro atoms. The largest absolute Gasteiger partial charge is 0.415 e. The van der Waals surface area contributed by atoms with Gasteiger partial charge in [0.15, 0.2) is 0 Å². The fourth-order valence-corrected chi connectivity index (χ4v) is 2.60. The molecule has 7 heteroatoms. The number of halogens is 1. The van der Waals surface area contributed by atoms with Crippen LogP contribution in [-0.2, 0) is 0 Å². The monoisotopic (exact) mass is 343 g/mol. The number of nitrogens with zero attached hydrogens (tertiary/aromatic N) is 2. The molecule has 1 saturated heterocycles. The van der Waals surface area contributed by atoms with E-state index in [2.05, 4.69) is 0 Å². The fourth-order valence-electron chi connectivity index (χ4n) is 2.60. The summed E-state index contributed by atoms with van der Waals surface area (Å²) in [5.74, 6) is -0.409. The molecule has 2 aromatic carbocycles. The van der Waals surface area contributed by atoms with Gasteiger partial charge in [-0.25, -0.2) is 9.18 Å². The van der Waals surface area contributed by atoms with Crippen LogP contribution < -0.4 is 10.5 Å². The molecule has 1 heterocycles. The molecule has 2 N–H and O–H groups in total. The molecular formula is C18H18FN3O3. The maximum absolute atomic E-state index is 13.1. The maximum atomic E-state index is 13.1. The van der Waals surface area contributed by atoms with E-state index in [9.17, 15) is 14.0 Å². The molecule has 2 amide bonds. The number of rotatable bonds is 2. The van der Waals surface area contributed by atoms with E-state index in [0.717, 1.165) is 6.07 Å². The second kappa shape index (κ2) is 7.21. The first kappa shape index (κ1) is 16.8. The molecule has 1 fully saturated rings. The number of amides is 2. The predicted molar refractivity (Wildman–Crippen MR) is 90.8 cm³/mol. The minimum Gasteiger partial charge on any atom is -0.410 e. The van der Waals surface area contributed by atoms with Gasteiger partial charge in [0.05, 0.1) is 0 Å². The van der Waals surface area contributed by atoms with E-state index >= 15 is 0 Å². The van der Waals surface area contributed by atoms with Gasteiger partial charge in [-0.15, -0.1) is 0 Å². The first-order valence-corrected chi connectivity index (χ1v) is 7.90. The molecule has 3 rings (SSSR count). The molecule has 130 valence electrons. The summed E-state index contributed by atoms with van der Waals surface area (Å²) >= 11 is 0. The lowest BCUT2D eigenvalue weighted by atomic mass is 10.1. The van der Waals surface area contributed by atoms with Crippen LogP contribution in [0.1, 0.15) is 10.4 Å². The van der Waals surface area contributed by atoms with Crippen LogP contribution in [0.25, 0.3) is 0 Å². The highest BCUT2D eigenvalue weighted by Crippen LogP contribution is 2.15. The SMILES string of the molecule is Nc1ccc(C(=O)N2CCN(C(=O)Oc3cccc(F)c3)CC2)cc1. The Labute approximate surface area is 144 Å². The van der Waals surface area contributed by atoms with Crippen LogP contribution in [0.5, 0.6) is 5.75 Å². The number of carbonyl (C=O) groups excluding carboxylic acids is 2. The van der Waals surface area contributed by atoms with Crippen LogP contribution in [0.15, 0.2) is 48.5 Å². The fraction of sp³-hybridized carbons (Fsp3) is 0.222. The molecule has 1 aliphatic rings. The van der Waals surface area contributed by atoms with Gasteiger partial charge in [-0.1, -0.05) is 6.07 Å². The molecular weight excluding hydrogens is 325 g/mol. The van der Waals surface area contributed by atoms with E-state index in [1.807, 2.05) is 0 Å². The van der Waals surface area contributed by atoms with E-state index < -0.39 is 11.9 Å². The summed E-state index contributed by atoms with van der Waals surface area (Å²) in [6.45, 7) is 1.52. The van der Waals surface area contributed by atoms with Crippen molar-refractivity contribution in [3.63, 3.8) is 0 Å². The molecule has 1 aliphatic heterocycles. The number of hydrogen-bond acceptors (Lipinski definition) is 4. The van der Waals surface area contributed by atoms with Crippen molar-refractivity contribution in [2.75, 3.05) is 31.9 Å². The molecule has 0 saturated carbocycles. The Bertz CT molecular complexity index is 771. The highest BCUT2D eigenvalue weighted by molar-refractivity contribution is 5.94. The summed E-state index contributed by atoms with van der Waals surface area (Å²) in [4.78, 5) is 27.7. The zero-order valence-corrected chi connectivity index (χ0v) is 13.5. The van der Waals surface area contributed by atoms with Gasteiger partial charge < -0.3 is 20.3 Å². The van der Waals surface area contributed by atoms with Crippen molar-refractivity contribution in [3.05, 3.63) is 59.9 Å². The molecule has 0 bridgehead atoms. The van der Waals surface area contributed by atoms with Gasteiger partial charge in [0.2, 0.25) is 0 Å². The van der Waals surface area contributed by atoms with Crippen molar-refractivity contribution in [1.29, 1.82) is 0 Å². The zero-order valence-electron chi connectivity index (χ0n) is 13.5. The molecule has 0 aromatic heterocycles. The van der Waals surface area contributed by atoms with Crippen molar-refractivity contribution in [2.45, 2.75) is 0 Å². The van der Waals surface area contributed by atoms with Crippen LogP contribution in [0.3, 0.4) is 0 Å². The van der Waals surface area contributed by atoms with Crippen molar-refractivity contribution in [1.82, 2.24) is 9.80 Å². The molecule has 0 radical (unpaired) electrons. The summed E-state index contributed by atoms with van der Waals surface area (Å²) in [7, 11) is 0. The summed E-state index contributed by atoms with van der Waals surface area (Å²) in [6, 6.07) is 12.1. The lowest BCUT2D eigenvalue weighted by molar-refractivity contribution is 0.0633. The Morgan fingerprint density at radius 2 is 1.60 bits per heavy atom. The molecule has 6 nitrogen and oxygen atoms in total. The van der Waals surface area contributed by atoms with Crippen LogP contribution in [-0.4, -0.2) is 48.0 Å². The normalized spacial score (nSPS) is 14.3. The topological polar surface area (TPSA) is 75.9 Å². The van der Waals surface area contributed by atoms with Crippen LogP contribution in [0, 0.1) is 5.82 Å². The number of piperazine rings is 1. The number of carbonyl (C=O) groups is 2. The summed E-state index contributed by atoms with van der Waals surface area (Å²) in [5, 5.41) is 0. The van der Waals surface area contributed by atoms with E-state index in [1.54, 1.807) is 29.2 Å². The van der Waals surface area contributed by atoms with Gasteiger partial charge in [-0.3, -0.25) is 4.79 Å². The predicted octanol–water partition coefficient (Wildman–Crippen LogP) is 2.36. The van der Waals surface area contributed by atoms with Gasteiger partial charge >= 0.3 is 6.09 Å².